The summed E-state index contributed by atoms with van der Waals surface area (Å²) in [4.78, 5) is 50.7. The lowest BCUT2D eigenvalue weighted by atomic mass is 9.60. The lowest BCUT2D eigenvalue weighted by Gasteiger charge is -2.45. The number of fused-ring (bicyclic) bond motifs is 3. The normalized spacial score (nSPS) is 23.5. The van der Waals surface area contributed by atoms with E-state index in [0.717, 1.165) is 0 Å². The van der Waals surface area contributed by atoms with E-state index in [2.05, 4.69) is 10.6 Å². The zero-order valence-corrected chi connectivity index (χ0v) is 22.5. The van der Waals surface area contributed by atoms with Gasteiger partial charge < -0.3 is 36.8 Å². The molecule has 0 fully saturated rings. The van der Waals surface area contributed by atoms with E-state index in [1.165, 1.54) is 6.07 Å². The Morgan fingerprint density at radius 3 is 2.41 bits per heavy atom. The minimum absolute atomic E-state index is 0.0414. The summed E-state index contributed by atoms with van der Waals surface area (Å²) in [6, 6.07) is 9.52. The molecule has 2 aromatic carbocycles. The first kappa shape index (κ1) is 28.2. The van der Waals surface area contributed by atoms with Crippen LogP contribution in [0.5, 0.6) is 5.75 Å². The molecule has 12 heteroatoms. The Kier molecular flexibility index (Phi) is 7.26. The van der Waals surface area contributed by atoms with Crippen molar-refractivity contribution in [2.75, 3.05) is 17.7 Å². The van der Waals surface area contributed by atoms with Gasteiger partial charge >= 0.3 is 6.03 Å². The summed E-state index contributed by atoms with van der Waals surface area (Å²) in [5, 5.41) is 48.9. The zero-order chi connectivity index (χ0) is 29.6. The average molecular weight is 582 g/mol. The van der Waals surface area contributed by atoms with Crippen molar-refractivity contribution < 1.29 is 39.6 Å². The third kappa shape index (κ3) is 4.60. The highest BCUT2D eigenvalue weighted by Crippen LogP contribution is 2.52. The summed E-state index contributed by atoms with van der Waals surface area (Å²) >= 11 is 5.62. The monoisotopic (exact) mass is 581 g/mol. The third-order valence-electron chi connectivity index (χ3n) is 8.00. The topological polar surface area (TPSA) is 199 Å². The zero-order valence-electron chi connectivity index (χ0n) is 21.7. The molecule has 8 N–H and O–H groups in total. The number of nitrogens with two attached hydrogens (primary N) is 1. The highest BCUT2D eigenvalue weighted by Gasteiger charge is 2.59. The number of aliphatic hydroxyl groups is 3. The molecule has 3 aliphatic rings. The van der Waals surface area contributed by atoms with Crippen LogP contribution < -0.4 is 16.4 Å². The summed E-state index contributed by atoms with van der Waals surface area (Å²) in [6.07, 6.45) is 0.563. The molecule has 0 saturated carbocycles. The largest absolute Gasteiger partial charge is 0.511 e. The molecule has 0 saturated heterocycles. The number of aromatic hydroxyl groups is 1. The molecule has 5 rings (SSSR count). The quantitative estimate of drug-likeness (QED) is 0.153. The number of primary amides is 1. The van der Waals surface area contributed by atoms with E-state index >= 15 is 0 Å². The number of Topliss-reactive ketones (excluding diaryl/α,β-unsaturated/α-hetero) is 2. The van der Waals surface area contributed by atoms with Gasteiger partial charge in [0.15, 0.2) is 11.4 Å². The van der Waals surface area contributed by atoms with Crippen molar-refractivity contribution in [2.24, 2.45) is 17.6 Å². The Morgan fingerprint density at radius 2 is 1.76 bits per heavy atom. The number of halogens is 1. The Hall–Kier alpha value is -4.35. The number of aliphatic hydroxyl groups excluding tert-OH is 2. The second-order valence-electron chi connectivity index (χ2n) is 10.4. The molecule has 0 heterocycles. The van der Waals surface area contributed by atoms with E-state index in [1.54, 1.807) is 30.3 Å². The van der Waals surface area contributed by atoms with E-state index in [9.17, 15) is 39.6 Å². The maximum atomic E-state index is 13.7. The molecule has 0 unspecified atom stereocenters. The van der Waals surface area contributed by atoms with Crippen LogP contribution in [0.25, 0.3) is 11.1 Å². The third-order valence-corrected chi connectivity index (χ3v) is 8.26. The van der Waals surface area contributed by atoms with Crippen molar-refractivity contribution in [3.05, 3.63) is 70.2 Å². The first-order valence-corrected chi connectivity index (χ1v) is 13.6. The number of hydrogen-bond donors (Lipinski definition) is 7. The first-order valence-electron chi connectivity index (χ1n) is 13.0. The lowest BCUT2D eigenvalue weighted by molar-refractivity contribution is -0.144. The standard InChI is InChI=1S/C29H28ClN3O8/c30-8-1-9-32-28(40)33-16-4-2-13(3-5-16)17-6-7-19(34)22-18(17)11-14-10-15-12-20(35)23(27(31)39)26(38)29(15,41)25(37)21(14)24(22)36/h2-7,14-15,34-35,37,41H,1,8-12H2,(H2,31,39)(H2,32,33,40)/t14-,15+,29+/m1/s1. The number of ketones is 2. The van der Waals surface area contributed by atoms with Gasteiger partial charge in [0.2, 0.25) is 5.78 Å². The van der Waals surface area contributed by atoms with Crippen LogP contribution in [0.2, 0.25) is 0 Å². The van der Waals surface area contributed by atoms with Gasteiger partial charge in [-0.25, -0.2) is 4.79 Å². The summed E-state index contributed by atoms with van der Waals surface area (Å²) in [5.74, 6) is -6.29. The number of allylic oxidation sites excluding steroid dienone is 2. The summed E-state index contributed by atoms with van der Waals surface area (Å²) in [5.41, 5.74) is 3.91. The number of amides is 3. The van der Waals surface area contributed by atoms with Crippen LogP contribution in [0.4, 0.5) is 10.5 Å². The Labute approximate surface area is 239 Å². The van der Waals surface area contributed by atoms with Crippen LogP contribution >= 0.6 is 11.6 Å². The molecule has 2 aromatic rings. The maximum absolute atomic E-state index is 13.7. The SMILES string of the molecule is NC(=O)C1=C(O)C[C@@H]2C[C@@H]3Cc4c(-c5ccc(NC(=O)NCCCCl)cc5)ccc(O)c4C(=O)C3=C(O)[C@]2(O)C1=O. The van der Waals surface area contributed by atoms with E-state index < -0.39 is 52.0 Å². The molecular formula is C29H28ClN3O8. The number of carbonyl (C=O) groups is 4. The molecule has 3 amide bonds. The Bertz CT molecular complexity index is 1550. The van der Waals surface area contributed by atoms with Gasteiger partial charge in [-0.1, -0.05) is 18.2 Å². The number of anilines is 1. The molecule has 214 valence electrons. The van der Waals surface area contributed by atoms with Crippen LogP contribution in [0.1, 0.15) is 35.2 Å². The highest BCUT2D eigenvalue weighted by atomic mass is 35.5. The van der Waals surface area contributed by atoms with Crippen LogP contribution in [-0.2, 0) is 16.0 Å². The van der Waals surface area contributed by atoms with Crippen molar-refractivity contribution in [1.29, 1.82) is 0 Å². The van der Waals surface area contributed by atoms with Gasteiger partial charge in [-0.05, 0) is 60.1 Å². The lowest BCUT2D eigenvalue weighted by Crippen LogP contribution is -2.57. The smallest absolute Gasteiger partial charge is 0.319 e. The number of nitrogens with one attached hydrogen (secondary N) is 2. The molecule has 0 radical (unpaired) electrons. The number of urea groups is 1. The summed E-state index contributed by atoms with van der Waals surface area (Å²) in [7, 11) is 0. The number of phenolic OH excluding ortho intramolecular Hbond substituents is 1. The average Bonchev–Trinajstić information content (AvgIpc) is 2.91. The molecule has 3 aliphatic carbocycles. The summed E-state index contributed by atoms with van der Waals surface area (Å²) < 4.78 is 0. The van der Waals surface area contributed by atoms with Crippen molar-refractivity contribution in [1.82, 2.24) is 5.32 Å². The van der Waals surface area contributed by atoms with Gasteiger partial charge in [-0.2, -0.15) is 0 Å². The molecule has 11 nitrogen and oxygen atoms in total. The van der Waals surface area contributed by atoms with Crippen molar-refractivity contribution >= 4 is 40.8 Å². The minimum Gasteiger partial charge on any atom is -0.511 e. The van der Waals surface area contributed by atoms with Gasteiger partial charge in [0.1, 0.15) is 22.8 Å². The Balaban J connectivity index is 1.50. The molecule has 0 aliphatic heterocycles. The van der Waals surface area contributed by atoms with Crippen LogP contribution in [0.3, 0.4) is 0 Å². The van der Waals surface area contributed by atoms with Crippen molar-refractivity contribution in [2.45, 2.75) is 31.3 Å². The second-order valence-corrected chi connectivity index (χ2v) is 10.8. The number of rotatable bonds is 6. The van der Waals surface area contributed by atoms with Gasteiger partial charge in [0.05, 0.1) is 5.56 Å². The maximum Gasteiger partial charge on any atom is 0.319 e. The van der Waals surface area contributed by atoms with Gasteiger partial charge in [0.25, 0.3) is 5.91 Å². The number of alkyl halides is 1. The van der Waals surface area contributed by atoms with Crippen LogP contribution in [0, 0.1) is 11.8 Å². The highest BCUT2D eigenvalue weighted by molar-refractivity contribution is 6.24. The fourth-order valence-corrected chi connectivity index (χ4v) is 6.20. The molecular weight excluding hydrogens is 554 g/mol. The predicted octanol–water partition coefficient (Wildman–Crippen LogP) is 3.00. The van der Waals surface area contributed by atoms with Crippen molar-refractivity contribution in [3.8, 4) is 16.9 Å². The predicted molar refractivity (Wildman–Crippen MR) is 149 cm³/mol. The molecule has 0 spiro atoms. The van der Waals surface area contributed by atoms with Gasteiger partial charge in [-0.15, -0.1) is 11.6 Å². The van der Waals surface area contributed by atoms with E-state index in [4.69, 9.17) is 17.3 Å². The second kappa shape index (κ2) is 10.6. The van der Waals surface area contributed by atoms with Gasteiger partial charge in [-0.3, -0.25) is 14.4 Å². The number of phenols is 1. The van der Waals surface area contributed by atoms with Gasteiger partial charge in [0, 0.05) is 36.0 Å². The Morgan fingerprint density at radius 1 is 1.05 bits per heavy atom. The van der Waals surface area contributed by atoms with E-state index in [0.29, 0.717) is 41.2 Å². The molecule has 0 aromatic heterocycles. The molecule has 3 atom stereocenters. The summed E-state index contributed by atoms with van der Waals surface area (Å²) in [6.45, 7) is 0.433. The van der Waals surface area contributed by atoms with Crippen molar-refractivity contribution in [3.63, 3.8) is 0 Å². The number of benzene rings is 2. The van der Waals surface area contributed by atoms with E-state index in [-0.39, 0.29) is 42.2 Å². The van der Waals surface area contributed by atoms with Crippen LogP contribution in [0.15, 0.2) is 59.1 Å². The molecule has 41 heavy (non-hydrogen) atoms. The van der Waals surface area contributed by atoms with Crippen LogP contribution in [-0.4, -0.2) is 62.0 Å². The van der Waals surface area contributed by atoms with E-state index in [1.807, 2.05) is 0 Å². The molecule has 0 bridgehead atoms. The fraction of sp³-hybridized carbons (Fsp3) is 0.310. The fourth-order valence-electron chi connectivity index (χ4n) is 6.07. The first-order chi connectivity index (χ1) is 19.5. The minimum atomic E-state index is -2.61. The number of hydrogen-bond acceptors (Lipinski definition) is 8. The number of carbonyl (C=O) groups excluding carboxylic acids is 4.